The van der Waals surface area contributed by atoms with Crippen molar-refractivity contribution >= 4 is 28.6 Å². The average Bonchev–Trinajstić information content (AvgIpc) is 3.23. The van der Waals surface area contributed by atoms with Gasteiger partial charge < -0.3 is 15.4 Å². The third-order valence-electron chi connectivity index (χ3n) is 4.66. The summed E-state index contributed by atoms with van der Waals surface area (Å²) in [4.78, 5) is 6.26. The van der Waals surface area contributed by atoms with E-state index >= 15 is 0 Å². The fourth-order valence-corrected chi connectivity index (χ4v) is 3.91. The normalized spacial score (nSPS) is 14.3. The van der Waals surface area contributed by atoms with Crippen molar-refractivity contribution in [2.75, 3.05) is 36.9 Å². The summed E-state index contributed by atoms with van der Waals surface area (Å²) in [6.07, 6.45) is 1.61. The largest absolute Gasteiger partial charge is 0.383 e. The summed E-state index contributed by atoms with van der Waals surface area (Å²) in [5, 5.41) is 12.6. The van der Waals surface area contributed by atoms with E-state index in [2.05, 4.69) is 9.88 Å². The van der Waals surface area contributed by atoms with E-state index in [1.807, 2.05) is 22.9 Å². The second-order valence-electron chi connectivity index (χ2n) is 6.27. The van der Waals surface area contributed by atoms with Gasteiger partial charge in [0, 0.05) is 30.5 Å². The molecule has 0 bridgehead atoms. The number of aromatic nitrogens is 1. The van der Waals surface area contributed by atoms with Gasteiger partial charge in [0.2, 0.25) is 0 Å². The summed E-state index contributed by atoms with van der Waals surface area (Å²) >= 11 is 1.56. The van der Waals surface area contributed by atoms with Crippen LogP contribution in [0.2, 0.25) is 0 Å². The minimum Gasteiger partial charge on any atom is -0.383 e. The molecule has 27 heavy (non-hydrogen) atoms. The number of nitrogens with zero attached hydrogens (tertiary/aromatic N) is 2. The first-order valence-corrected chi connectivity index (χ1v) is 9.58. The van der Waals surface area contributed by atoms with Gasteiger partial charge >= 0.3 is 0 Å². The van der Waals surface area contributed by atoms with E-state index in [-0.39, 0.29) is 17.1 Å². The number of morpholine rings is 1. The highest BCUT2D eigenvalue weighted by Crippen LogP contribution is 2.31. The van der Waals surface area contributed by atoms with Gasteiger partial charge in [0.15, 0.2) is 0 Å². The zero-order valence-corrected chi connectivity index (χ0v) is 15.4. The molecule has 7 heteroatoms. The van der Waals surface area contributed by atoms with E-state index in [0.29, 0.717) is 18.8 Å². The van der Waals surface area contributed by atoms with E-state index in [9.17, 15) is 4.39 Å². The molecule has 1 aliphatic heterocycles. The summed E-state index contributed by atoms with van der Waals surface area (Å²) < 4.78 is 20.0. The Kier molecular flexibility index (Phi) is 4.87. The quantitative estimate of drug-likeness (QED) is 0.674. The molecule has 1 aromatic carbocycles. The maximum absolute atomic E-state index is 14.6. The minimum atomic E-state index is -0.448. The molecule has 0 unspecified atom stereocenters. The molecule has 0 radical (unpaired) electrons. The van der Waals surface area contributed by atoms with Gasteiger partial charge in [-0.3, -0.25) is 5.41 Å². The number of nitrogen functional groups attached to an aromatic ring is 1. The Balaban J connectivity index is 1.78. The van der Waals surface area contributed by atoms with Crippen molar-refractivity contribution in [1.82, 2.24) is 4.98 Å². The highest BCUT2D eigenvalue weighted by atomic mass is 32.1. The van der Waals surface area contributed by atoms with Crippen molar-refractivity contribution in [2.45, 2.75) is 0 Å². The second-order valence-corrected chi connectivity index (χ2v) is 7.05. The smallest absolute Gasteiger partial charge is 0.133 e. The number of anilines is 2. The number of nitrogens with one attached hydrogen (secondary N) is 1. The molecular weight excluding hydrogens is 363 g/mol. The Morgan fingerprint density at radius 3 is 2.78 bits per heavy atom. The average molecular weight is 382 g/mol. The van der Waals surface area contributed by atoms with Gasteiger partial charge in [-0.1, -0.05) is 0 Å². The van der Waals surface area contributed by atoms with Gasteiger partial charge in [-0.2, -0.15) is 11.3 Å². The van der Waals surface area contributed by atoms with Crippen LogP contribution < -0.4 is 10.6 Å². The zero-order valence-electron chi connectivity index (χ0n) is 14.6. The first-order valence-electron chi connectivity index (χ1n) is 8.64. The molecule has 0 saturated carbocycles. The molecule has 1 saturated heterocycles. The van der Waals surface area contributed by atoms with Crippen LogP contribution in [0, 0.1) is 11.2 Å². The van der Waals surface area contributed by atoms with Gasteiger partial charge in [-0.15, -0.1) is 0 Å². The standard InChI is InChI=1S/C20H19FN4OS/c21-17-2-1-14(25-6-8-26-9-7-25)11-16(17)19(22)18-15(3-5-24-20(18)23)13-4-10-27-12-13/h1-5,10-12,22H,6-9H2,(H2,23,24). The fourth-order valence-electron chi connectivity index (χ4n) is 3.26. The molecule has 3 N–H and O–H groups in total. The van der Waals surface area contributed by atoms with Crippen molar-refractivity contribution in [1.29, 1.82) is 5.41 Å². The van der Waals surface area contributed by atoms with Crippen LogP contribution in [0.15, 0.2) is 47.3 Å². The molecule has 0 spiro atoms. The summed E-state index contributed by atoms with van der Waals surface area (Å²) in [6.45, 7) is 2.77. The van der Waals surface area contributed by atoms with Crippen molar-refractivity contribution in [3.63, 3.8) is 0 Å². The lowest BCUT2D eigenvalue weighted by Gasteiger charge is -2.29. The summed E-state index contributed by atoms with van der Waals surface area (Å²) in [5.74, 6) is -0.226. The van der Waals surface area contributed by atoms with E-state index in [1.165, 1.54) is 6.07 Å². The topological polar surface area (TPSA) is 75.2 Å². The molecule has 1 aliphatic rings. The maximum atomic E-state index is 14.6. The van der Waals surface area contributed by atoms with Crippen LogP contribution in [0.3, 0.4) is 0 Å². The zero-order chi connectivity index (χ0) is 18.8. The molecule has 138 valence electrons. The first kappa shape index (κ1) is 17.6. The number of ether oxygens (including phenoxy) is 1. The van der Waals surface area contributed by atoms with Gasteiger partial charge in [0.05, 0.1) is 24.5 Å². The van der Waals surface area contributed by atoms with Gasteiger partial charge in [-0.25, -0.2) is 9.37 Å². The lowest BCUT2D eigenvalue weighted by Crippen LogP contribution is -2.36. The number of nitrogens with two attached hydrogens (primary N) is 1. The Labute approximate surface area is 160 Å². The molecule has 2 aromatic heterocycles. The molecule has 0 atom stereocenters. The molecule has 3 aromatic rings. The third-order valence-corrected chi connectivity index (χ3v) is 5.34. The summed E-state index contributed by atoms with van der Waals surface area (Å²) in [7, 11) is 0. The van der Waals surface area contributed by atoms with Crippen molar-refractivity contribution in [3.8, 4) is 11.1 Å². The third kappa shape index (κ3) is 3.43. The highest BCUT2D eigenvalue weighted by Gasteiger charge is 2.21. The van der Waals surface area contributed by atoms with Gasteiger partial charge in [0.25, 0.3) is 0 Å². The molecular formula is C20H19FN4OS. The van der Waals surface area contributed by atoms with Crippen LogP contribution in [-0.4, -0.2) is 37.0 Å². The maximum Gasteiger partial charge on any atom is 0.133 e. The highest BCUT2D eigenvalue weighted by molar-refractivity contribution is 7.08. The Morgan fingerprint density at radius 1 is 1.22 bits per heavy atom. The molecule has 3 heterocycles. The molecule has 4 rings (SSSR count). The van der Waals surface area contributed by atoms with Crippen molar-refractivity contribution in [3.05, 3.63) is 64.2 Å². The molecule has 5 nitrogen and oxygen atoms in total. The number of hydrogen-bond donors (Lipinski definition) is 2. The molecule has 0 aliphatic carbocycles. The van der Waals surface area contributed by atoms with Crippen molar-refractivity contribution in [2.24, 2.45) is 0 Å². The Hall–Kier alpha value is -2.77. The first-order chi connectivity index (χ1) is 13.1. The number of halogens is 1. The van der Waals surface area contributed by atoms with Crippen LogP contribution in [-0.2, 0) is 4.74 Å². The summed E-state index contributed by atoms with van der Waals surface area (Å²) in [6, 6.07) is 8.63. The van der Waals surface area contributed by atoms with Crippen LogP contribution in [0.5, 0.6) is 0 Å². The lowest BCUT2D eigenvalue weighted by atomic mass is 9.95. The predicted octanol–water partition coefficient (Wildman–Crippen LogP) is 3.78. The fraction of sp³-hybridized carbons (Fsp3) is 0.200. The number of rotatable bonds is 4. The van der Waals surface area contributed by atoms with Gasteiger partial charge in [0.1, 0.15) is 11.6 Å². The second kappa shape index (κ2) is 7.46. The number of thiophene rings is 1. The van der Waals surface area contributed by atoms with E-state index in [0.717, 1.165) is 29.9 Å². The monoisotopic (exact) mass is 382 g/mol. The molecule has 0 amide bonds. The number of hydrogen-bond acceptors (Lipinski definition) is 6. The van der Waals surface area contributed by atoms with Crippen LogP contribution in [0.1, 0.15) is 11.1 Å². The predicted molar refractivity (Wildman–Crippen MR) is 107 cm³/mol. The van der Waals surface area contributed by atoms with Crippen LogP contribution in [0.4, 0.5) is 15.9 Å². The summed E-state index contributed by atoms with van der Waals surface area (Å²) in [5.41, 5.74) is 9.41. The lowest BCUT2D eigenvalue weighted by molar-refractivity contribution is 0.122. The minimum absolute atomic E-state index is 0.0365. The SMILES string of the molecule is N=C(c1cc(N2CCOCC2)ccc1F)c1c(-c2ccsc2)ccnc1N. The van der Waals surface area contributed by atoms with Crippen molar-refractivity contribution < 1.29 is 9.13 Å². The number of benzene rings is 1. The van der Waals surface area contributed by atoms with E-state index < -0.39 is 5.82 Å². The Bertz CT molecular complexity index is 968. The van der Waals surface area contributed by atoms with Crippen LogP contribution in [0.25, 0.3) is 11.1 Å². The van der Waals surface area contributed by atoms with E-state index in [1.54, 1.807) is 29.7 Å². The van der Waals surface area contributed by atoms with Crippen LogP contribution >= 0.6 is 11.3 Å². The Morgan fingerprint density at radius 2 is 2.04 bits per heavy atom. The number of pyridine rings is 1. The van der Waals surface area contributed by atoms with Gasteiger partial charge in [-0.05, 0) is 52.2 Å². The molecule has 1 fully saturated rings. The van der Waals surface area contributed by atoms with E-state index in [4.69, 9.17) is 15.9 Å².